The Morgan fingerprint density at radius 2 is 1.66 bits per heavy atom. The maximum atomic E-state index is 12.6. The van der Waals surface area contributed by atoms with E-state index in [4.69, 9.17) is 9.15 Å². The zero-order valence-corrected chi connectivity index (χ0v) is 15.6. The smallest absolute Gasteiger partial charge is 0.338 e. The van der Waals surface area contributed by atoms with E-state index in [2.05, 4.69) is 0 Å². The van der Waals surface area contributed by atoms with Crippen molar-refractivity contribution in [2.75, 3.05) is 6.61 Å². The largest absolute Gasteiger partial charge is 0.463 e. The van der Waals surface area contributed by atoms with Gasteiger partial charge in [-0.2, -0.15) is 0 Å². The number of carbonyl (C=O) groups excluding carboxylic acids is 1. The number of nitro benzene ring substituents is 1. The minimum atomic E-state index is -0.450. The second-order valence-corrected chi connectivity index (χ2v) is 6.40. The Morgan fingerprint density at radius 3 is 2.31 bits per heavy atom. The van der Waals surface area contributed by atoms with E-state index in [-0.39, 0.29) is 12.3 Å². The lowest BCUT2D eigenvalue weighted by atomic mass is 9.95. The Bertz CT molecular complexity index is 1190. The molecule has 4 rings (SSSR count). The lowest BCUT2D eigenvalue weighted by Gasteiger charge is -2.09. The first kappa shape index (κ1) is 18.4. The van der Waals surface area contributed by atoms with Crippen LogP contribution in [0.25, 0.3) is 33.2 Å². The van der Waals surface area contributed by atoms with Crippen LogP contribution < -0.4 is 0 Å². The Balaban J connectivity index is 1.95. The highest BCUT2D eigenvalue weighted by molar-refractivity contribution is 6.13. The molecule has 4 aromatic rings. The molecule has 3 aromatic carbocycles. The molecule has 1 heterocycles. The topological polar surface area (TPSA) is 82.6 Å². The fourth-order valence-corrected chi connectivity index (χ4v) is 3.35. The van der Waals surface area contributed by atoms with Gasteiger partial charge in [-0.15, -0.1) is 0 Å². The van der Waals surface area contributed by atoms with Gasteiger partial charge in [-0.3, -0.25) is 10.1 Å². The molecule has 6 nitrogen and oxygen atoms in total. The summed E-state index contributed by atoms with van der Waals surface area (Å²) in [5.41, 5.74) is 4.15. The number of fused-ring (bicyclic) bond motifs is 1. The molecule has 0 amide bonds. The van der Waals surface area contributed by atoms with E-state index in [0.29, 0.717) is 27.7 Å². The normalized spacial score (nSPS) is 10.8. The molecular weight excluding hydrogens is 370 g/mol. The summed E-state index contributed by atoms with van der Waals surface area (Å²) in [4.78, 5) is 23.1. The average molecular weight is 387 g/mol. The number of carbonyl (C=O) groups is 1. The summed E-state index contributed by atoms with van der Waals surface area (Å²) in [6.07, 6.45) is 1.57. The molecule has 0 N–H and O–H groups in total. The fraction of sp³-hybridized carbons (Fsp3) is 0.0870. The summed E-state index contributed by atoms with van der Waals surface area (Å²) in [5, 5.41) is 11.6. The maximum Gasteiger partial charge on any atom is 0.338 e. The van der Waals surface area contributed by atoms with Crippen LogP contribution in [0.2, 0.25) is 0 Å². The molecule has 0 radical (unpaired) electrons. The number of furan rings is 1. The van der Waals surface area contributed by atoms with Gasteiger partial charge in [-0.05, 0) is 42.3 Å². The third kappa shape index (κ3) is 3.36. The SMILES string of the molecule is CCOC(=O)c1ccc(-c2ccccc2)c2occ(-c3ccc([N+](=O)[O-])cc3)c12. The van der Waals surface area contributed by atoms with Gasteiger partial charge in [0.15, 0.2) is 0 Å². The Hall–Kier alpha value is -3.93. The Morgan fingerprint density at radius 1 is 0.966 bits per heavy atom. The summed E-state index contributed by atoms with van der Waals surface area (Å²) in [5.74, 6) is -0.443. The molecule has 0 aliphatic heterocycles. The molecule has 0 saturated carbocycles. The van der Waals surface area contributed by atoms with Gasteiger partial charge >= 0.3 is 5.97 Å². The molecule has 0 unspecified atom stereocenters. The Labute approximate surface area is 166 Å². The zero-order chi connectivity index (χ0) is 20.4. The van der Waals surface area contributed by atoms with Gasteiger partial charge in [0.25, 0.3) is 5.69 Å². The summed E-state index contributed by atoms with van der Waals surface area (Å²) in [7, 11) is 0. The molecule has 6 heteroatoms. The lowest BCUT2D eigenvalue weighted by molar-refractivity contribution is -0.384. The minimum Gasteiger partial charge on any atom is -0.463 e. The van der Waals surface area contributed by atoms with Crippen LogP contribution in [0.15, 0.2) is 77.4 Å². The van der Waals surface area contributed by atoms with Crippen LogP contribution >= 0.6 is 0 Å². The van der Waals surface area contributed by atoms with Crippen molar-refractivity contribution in [2.45, 2.75) is 6.92 Å². The van der Waals surface area contributed by atoms with Crippen molar-refractivity contribution >= 4 is 22.6 Å². The highest BCUT2D eigenvalue weighted by atomic mass is 16.6. The number of hydrogen-bond donors (Lipinski definition) is 0. The summed E-state index contributed by atoms with van der Waals surface area (Å²) < 4.78 is 11.1. The molecule has 0 aliphatic rings. The van der Waals surface area contributed by atoms with Crippen LogP contribution in [-0.4, -0.2) is 17.5 Å². The minimum absolute atomic E-state index is 0.00265. The van der Waals surface area contributed by atoms with Crippen molar-refractivity contribution in [1.82, 2.24) is 0 Å². The van der Waals surface area contributed by atoms with E-state index < -0.39 is 10.9 Å². The first-order valence-corrected chi connectivity index (χ1v) is 9.11. The number of nitrogens with zero attached hydrogens (tertiary/aromatic N) is 1. The quantitative estimate of drug-likeness (QED) is 0.244. The average Bonchev–Trinajstić information content (AvgIpc) is 3.19. The number of hydrogen-bond acceptors (Lipinski definition) is 5. The van der Waals surface area contributed by atoms with Gasteiger partial charge in [-0.1, -0.05) is 30.3 Å². The molecule has 0 fully saturated rings. The van der Waals surface area contributed by atoms with Crippen LogP contribution in [-0.2, 0) is 4.74 Å². The van der Waals surface area contributed by atoms with E-state index in [9.17, 15) is 14.9 Å². The molecule has 29 heavy (non-hydrogen) atoms. The molecule has 0 bridgehead atoms. The van der Waals surface area contributed by atoms with Gasteiger partial charge in [-0.25, -0.2) is 4.79 Å². The second-order valence-electron chi connectivity index (χ2n) is 6.40. The molecule has 0 saturated heterocycles. The second kappa shape index (κ2) is 7.59. The van der Waals surface area contributed by atoms with Crippen molar-refractivity contribution in [1.29, 1.82) is 0 Å². The number of non-ortho nitro benzene ring substituents is 1. The van der Waals surface area contributed by atoms with E-state index in [1.54, 1.807) is 31.4 Å². The van der Waals surface area contributed by atoms with Crippen molar-refractivity contribution in [2.24, 2.45) is 0 Å². The summed E-state index contributed by atoms with van der Waals surface area (Å²) >= 11 is 0. The summed E-state index contributed by atoms with van der Waals surface area (Å²) in [6.45, 7) is 2.01. The van der Waals surface area contributed by atoms with Crippen LogP contribution in [0.4, 0.5) is 5.69 Å². The molecule has 1 aromatic heterocycles. The predicted octanol–water partition coefficient (Wildman–Crippen LogP) is 5.85. The fourth-order valence-electron chi connectivity index (χ4n) is 3.35. The third-order valence-corrected chi connectivity index (χ3v) is 4.69. The zero-order valence-electron chi connectivity index (χ0n) is 15.6. The monoisotopic (exact) mass is 387 g/mol. The van der Waals surface area contributed by atoms with E-state index >= 15 is 0 Å². The number of esters is 1. The lowest BCUT2D eigenvalue weighted by Crippen LogP contribution is -2.05. The summed E-state index contributed by atoms with van der Waals surface area (Å²) in [6, 6.07) is 19.4. The highest BCUT2D eigenvalue weighted by Gasteiger charge is 2.21. The van der Waals surface area contributed by atoms with Crippen molar-refractivity contribution in [3.8, 4) is 22.3 Å². The molecule has 0 aliphatic carbocycles. The van der Waals surface area contributed by atoms with Gasteiger partial charge in [0.2, 0.25) is 0 Å². The highest BCUT2D eigenvalue weighted by Crippen LogP contribution is 2.39. The number of benzene rings is 3. The van der Waals surface area contributed by atoms with Crippen molar-refractivity contribution < 1.29 is 18.9 Å². The first-order chi connectivity index (χ1) is 14.1. The Kier molecular flexibility index (Phi) is 4.83. The van der Waals surface area contributed by atoms with Crippen molar-refractivity contribution in [3.05, 3.63) is 88.7 Å². The standard InChI is InChI=1S/C23H17NO5/c1-2-28-23(25)19-13-12-18(15-6-4-3-5-7-15)22-21(19)20(14-29-22)16-8-10-17(11-9-16)24(26)27/h3-14H,2H2,1H3. The number of nitro groups is 1. The van der Waals surface area contributed by atoms with E-state index in [1.807, 2.05) is 36.4 Å². The van der Waals surface area contributed by atoms with Crippen LogP contribution in [0.5, 0.6) is 0 Å². The molecule has 0 atom stereocenters. The van der Waals surface area contributed by atoms with Gasteiger partial charge in [0, 0.05) is 28.6 Å². The first-order valence-electron chi connectivity index (χ1n) is 9.11. The third-order valence-electron chi connectivity index (χ3n) is 4.69. The molecule has 0 spiro atoms. The van der Waals surface area contributed by atoms with Crippen LogP contribution in [0.3, 0.4) is 0 Å². The van der Waals surface area contributed by atoms with Crippen LogP contribution in [0, 0.1) is 10.1 Å². The predicted molar refractivity (Wildman–Crippen MR) is 110 cm³/mol. The van der Waals surface area contributed by atoms with Crippen LogP contribution in [0.1, 0.15) is 17.3 Å². The number of ether oxygens (including phenoxy) is 1. The molecule has 144 valence electrons. The van der Waals surface area contributed by atoms with E-state index in [0.717, 1.165) is 11.1 Å². The molecular formula is C23H17NO5. The van der Waals surface area contributed by atoms with Gasteiger partial charge in [0.1, 0.15) is 5.58 Å². The maximum absolute atomic E-state index is 12.6. The van der Waals surface area contributed by atoms with Crippen molar-refractivity contribution in [3.63, 3.8) is 0 Å². The van der Waals surface area contributed by atoms with E-state index in [1.165, 1.54) is 12.1 Å². The van der Waals surface area contributed by atoms with Gasteiger partial charge < -0.3 is 9.15 Å². The number of rotatable bonds is 5. The van der Waals surface area contributed by atoms with Gasteiger partial charge in [0.05, 0.1) is 23.4 Å².